The molecule has 0 atom stereocenters. The van der Waals surface area contributed by atoms with Gasteiger partial charge in [-0.3, -0.25) is 0 Å². The van der Waals surface area contributed by atoms with Gasteiger partial charge in [-0.2, -0.15) is 39.5 Å². The molecule has 6 aromatic rings. The number of pyridine rings is 1. The Morgan fingerprint density at radius 1 is 0.469 bits per heavy atom. The van der Waals surface area contributed by atoms with Gasteiger partial charge in [0.2, 0.25) is 0 Å². The van der Waals surface area contributed by atoms with Crippen molar-refractivity contribution in [1.29, 1.82) is 0 Å². The van der Waals surface area contributed by atoms with Crippen molar-refractivity contribution in [3.05, 3.63) is 115 Å². The van der Waals surface area contributed by atoms with Gasteiger partial charge in [0, 0.05) is 27.6 Å². The predicted octanol–water partition coefficient (Wildman–Crippen LogP) is 10.5. The first-order valence-electron chi connectivity index (χ1n) is 14.1. The van der Waals surface area contributed by atoms with Crippen LogP contribution >= 0.6 is 12.0 Å². The molecule has 0 saturated carbocycles. The van der Waals surface area contributed by atoms with E-state index in [1.165, 1.54) is 24.3 Å². The lowest BCUT2D eigenvalue weighted by Crippen LogP contribution is -2.59. The molecule has 0 amide bonds. The summed E-state index contributed by atoms with van der Waals surface area (Å²) in [5.74, 6) is -13.1. The SMILES string of the molecule is FC(F)(F)C(F)(F)C(F)(F)C(F)(F)SOc1cccc2nc(-c3cccc(-c4nc(-c5ccccc5)nc(-c5ccccc5)n4)c3)ccc12. The van der Waals surface area contributed by atoms with Crippen molar-refractivity contribution in [2.24, 2.45) is 0 Å². The van der Waals surface area contributed by atoms with E-state index in [-0.39, 0.29) is 10.9 Å². The van der Waals surface area contributed by atoms with Crippen LogP contribution in [0.5, 0.6) is 5.75 Å². The number of halogens is 9. The molecule has 2 heterocycles. The standard InChI is InChI=1S/C34H19F9N4OS/c35-31(36,33(39,40)41)32(37,38)34(42,43)49-48-27-16-8-15-26-24(27)17-18-25(44-26)22-13-7-14-23(19-22)30-46-28(20-9-3-1-4-10-20)45-29(47-30)21-11-5-2-6-12-21/h1-19H. The first-order valence-corrected chi connectivity index (χ1v) is 14.9. The Morgan fingerprint density at radius 2 is 0.980 bits per heavy atom. The lowest BCUT2D eigenvalue weighted by atomic mass is 10.1. The average molecular weight is 703 g/mol. The number of alkyl halides is 9. The van der Waals surface area contributed by atoms with E-state index in [1.807, 2.05) is 60.7 Å². The van der Waals surface area contributed by atoms with Crippen LogP contribution in [-0.4, -0.2) is 43.2 Å². The molecule has 0 unspecified atom stereocenters. The maximum atomic E-state index is 14.1. The molecule has 0 fully saturated rings. The summed E-state index contributed by atoms with van der Waals surface area (Å²) in [5, 5.41) is -5.98. The molecule has 0 N–H and O–H groups in total. The van der Waals surface area contributed by atoms with Crippen molar-refractivity contribution in [2.45, 2.75) is 23.3 Å². The molecular weight excluding hydrogens is 683 g/mol. The van der Waals surface area contributed by atoms with E-state index in [1.54, 1.807) is 24.3 Å². The molecule has 250 valence electrons. The van der Waals surface area contributed by atoms with Gasteiger partial charge in [0.1, 0.15) is 17.8 Å². The second kappa shape index (κ2) is 12.7. The fourth-order valence-corrected chi connectivity index (χ4v) is 5.20. The molecule has 0 aliphatic rings. The molecule has 5 nitrogen and oxygen atoms in total. The minimum absolute atomic E-state index is 0.00549. The molecule has 49 heavy (non-hydrogen) atoms. The summed E-state index contributed by atoms with van der Waals surface area (Å²) in [6, 6.07) is 32.2. The number of benzene rings is 4. The highest BCUT2D eigenvalue weighted by molar-refractivity contribution is 7.96. The van der Waals surface area contributed by atoms with Crippen LogP contribution in [-0.2, 0) is 0 Å². The van der Waals surface area contributed by atoms with Gasteiger partial charge in [0.15, 0.2) is 17.5 Å². The van der Waals surface area contributed by atoms with Crippen molar-refractivity contribution < 1.29 is 43.7 Å². The molecule has 6 rings (SSSR count). The van der Waals surface area contributed by atoms with E-state index < -0.39 is 41.1 Å². The topological polar surface area (TPSA) is 60.8 Å². The maximum absolute atomic E-state index is 14.1. The third-order valence-electron chi connectivity index (χ3n) is 7.16. The van der Waals surface area contributed by atoms with Crippen molar-refractivity contribution in [2.75, 3.05) is 0 Å². The molecule has 0 bridgehead atoms. The number of fused-ring (bicyclic) bond motifs is 1. The Morgan fingerprint density at radius 3 is 1.55 bits per heavy atom. The summed E-state index contributed by atoms with van der Waals surface area (Å²) in [5.41, 5.74) is 3.20. The highest BCUT2D eigenvalue weighted by Crippen LogP contribution is 2.56. The summed E-state index contributed by atoms with van der Waals surface area (Å²) in [7, 11) is 0. The normalized spacial score (nSPS) is 12.7. The average Bonchev–Trinajstić information content (AvgIpc) is 3.10. The van der Waals surface area contributed by atoms with E-state index in [0.717, 1.165) is 17.2 Å². The predicted molar refractivity (Wildman–Crippen MR) is 166 cm³/mol. The van der Waals surface area contributed by atoms with E-state index in [9.17, 15) is 39.5 Å². The summed E-state index contributed by atoms with van der Waals surface area (Å²) in [4.78, 5) is 18.5. The summed E-state index contributed by atoms with van der Waals surface area (Å²) < 4.78 is 124. The third kappa shape index (κ3) is 6.49. The monoisotopic (exact) mass is 702 g/mol. The molecule has 0 spiro atoms. The molecule has 0 saturated heterocycles. The van der Waals surface area contributed by atoms with Gasteiger partial charge in [-0.1, -0.05) is 84.9 Å². The Bertz CT molecular complexity index is 2060. The molecule has 2 aromatic heterocycles. The van der Waals surface area contributed by atoms with Crippen molar-refractivity contribution in [3.63, 3.8) is 0 Å². The van der Waals surface area contributed by atoms with Crippen LogP contribution in [0, 0.1) is 0 Å². The molecule has 15 heteroatoms. The highest BCUT2D eigenvalue weighted by Gasteiger charge is 2.82. The fourth-order valence-electron chi connectivity index (χ4n) is 4.63. The van der Waals surface area contributed by atoms with Crippen molar-refractivity contribution in [3.8, 4) is 51.2 Å². The van der Waals surface area contributed by atoms with Gasteiger partial charge in [-0.15, -0.1) is 0 Å². The van der Waals surface area contributed by atoms with E-state index >= 15 is 0 Å². The van der Waals surface area contributed by atoms with Gasteiger partial charge in [-0.05, 0) is 30.3 Å². The summed E-state index contributed by atoms with van der Waals surface area (Å²) >= 11 is -1.51. The maximum Gasteiger partial charge on any atom is 0.460 e. The van der Waals surface area contributed by atoms with E-state index in [4.69, 9.17) is 9.97 Å². The van der Waals surface area contributed by atoms with Gasteiger partial charge >= 0.3 is 23.3 Å². The first kappa shape index (κ1) is 33.7. The smallest absolute Gasteiger partial charge is 0.419 e. The molecule has 0 aliphatic heterocycles. The van der Waals surface area contributed by atoms with Crippen LogP contribution in [0.2, 0.25) is 0 Å². The van der Waals surface area contributed by atoms with Gasteiger partial charge in [0.05, 0.1) is 11.2 Å². The second-order valence-electron chi connectivity index (χ2n) is 10.5. The Balaban J connectivity index is 1.31. The number of nitrogens with zero attached hydrogens (tertiary/aromatic N) is 4. The first-order chi connectivity index (χ1) is 23.2. The number of rotatable bonds is 9. The Labute approximate surface area is 276 Å². The second-order valence-corrected chi connectivity index (χ2v) is 11.3. The zero-order valence-corrected chi connectivity index (χ0v) is 25.3. The van der Waals surface area contributed by atoms with Crippen LogP contribution in [0.25, 0.3) is 56.3 Å². The minimum Gasteiger partial charge on any atom is -0.419 e. The van der Waals surface area contributed by atoms with E-state index in [2.05, 4.69) is 14.2 Å². The van der Waals surface area contributed by atoms with Gasteiger partial charge in [-0.25, -0.2) is 19.9 Å². The summed E-state index contributed by atoms with van der Waals surface area (Å²) in [6.45, 7) is 0. The Hall–Kier alpha value is -5.18. The van der Waals surface area contributed by atoms with Crippen LogP contribution in [0.15, 0.2) is 115 Å². The zero-order chi connectivity index (χ0) is 35.0. The van der Waals surface area contributed by atoms with Crippen LogP contribution < -0.4 is 4.18 Å². The van der Waals surface area contributed by atoms with Crippen LogP contribution in [0.3, 0.4) is 0 Å². The largest absolute Gasteiger partial charge is 0.460 e. The van der Waals surface area contributed by atoms with Crippen molar-refractivity contribution in [1.82, 2.24) is 19.9 Å². The van der Waals surface area contributed by atoms with Gasteiger partial charge in [0.25, 0.3) is 0 Å². The van der Waals surface area contributed by atoms with Crippen LogP contribution in [0.4, 0.5) is 39.5 Å². The lowest BCUT2D eigenvalue weighted by Gasteiger charge is -2.32. The number of hydrogen-bond donors (Lipinski definition) is 0. The molecule has 4 aromatic carbocycles. The summed E-state index contributed by atoms with van der Waals surface area (Å²) in [6.07, 6.45) is -6.94. The quantitative estimate of drug-likeness (QED) is 0.110. The molecule has 0 aliphatic carbocycles. The number of aromatic nitrogens is 4. The lowest BCUT2D eigenvalue weighted by molar-refractivity contribution is -0.381. The van der Waals surface area contributed by atoms with E-state index in [0.29, 0.717) is 34.3 Å². The number of hydrogen-bond acceptors (Lipinski definition) is 6. The zero-order valence-electron chi connectivity index (χ0n) is 24.5. The van der Waals surface area contributed by atoms with Crippen molar-refractivity contribution >= 4 is 22.9 Å². The molecule has 0 radical (unpaired) electrons. The van der Waals surface area contributed by atoms with Crippen LogP contribution in [0.1, 0.15) is 0 Å². The minimum atomic E-state index is -7.03. The Kier molecular flexibility index (Phi) is 8.73. The molecular formula is C34H19F9N4OS. The highest BCUT2D eigenvalue weighted by atomic mass is 32.2. The fraction of sp³-hybridized carbons (Fsp3) is 0.118. The third-order valence-corrected chi connectivity index (χ3v) is 7.89. The van der Waals surface area contributed by atoms with Gasteiger partial charge < -0.3 is 4.18 Å².